The molecule has 2 heterocycles. The van der Waals surface area contributed by atoms with Gasteiger partial charge < -0.3 is 14.2 Å². The van der Waals surface area contributed by atoms with Crippen molar-refractivity contribution >= 4 is 23.4 Å². The summed E-state index contributed by atoms with van der Waals surface area (Å²) in [5.41, 5.74) is 3.17. The molecule has 0 saturated heterocycles. The van der Waals surface area contributed by atoms with Crippen molar-refractivity contribution < 1.29 is 9.53 Å². The SMILES string of the molecule is COc1cccc(-c2nnc(SC(C)C(=O)N3c4ccccc4CC3C)n2C)c1. The maximum Gasteiger partial charge on any atom is 0.240 e. The first-order valence-corrected chi connectivity index (χ1v) is 10.5. The molecule has 1 aromatic heterocycles. The lowest BCUT2D eigenvalue weighted by atomic mass is 10.1. The van der Waals surface area contributed by atoms with Crippen LogP contribution >= 0.6 is 11.8 Å². The molecule has 0 spiro atoms. The number of anilines is 1. The number of amides is 1. The van der Waals surface area contributed by atoms with E-state index < -0.39 is 0 Å². The highest BCUT2D eigenvalue weighted by Crippen LogP contribution is 2.35. The van der Waals surface area contributed by atoms with Gasteiger partial charge in [0.05, 0.1) is 12.4 Å². The number of benzene rings is 2. The molecule has 2 atom stereocenters. The van der Waals surface area contributed by atoms with Crippen LogP contribution in [0.2, 0.25) is 0 Å². The van der Waals surface area contributed by atoms with Gasteiger partial charge in [-0.25, -0.2) is 0 Å². The molecule has 1 amide bonds. The zero-order valence-electron chi connectivity index (χ0n) is 17.0. The summed E-state index contributed by atoms with van der Waals surface area (Å²) in [4.78, 5) is 15.1. The van der Waals surface area contributed by atoms with Crippen LogP contribution < -0.4 is 9.64 Å². The molecule has 7 heteroatoms. The van der Waals surface area contributed by atoms with Crippen LogP contribution in [0.3, 0.4) is 0 Å². The van der Waals surface area contributed by atoms with E-state index >= 15 is 0 Å². The van der Waals surface area contributed by atoms with Gasteiger partial charge in [0.25, 0.3) is 0 Å². The summed E-state index contributed by atoms with van der Waals surface area (Å²) in [6.07, 6.45) is 0.892. The predicted octanol–water partition coefficient (Wildman–Crippen LogP) is 3.95. The van der Waals surface area contributed by atoms with Gasteiger partial charge in [-0.15, -0.1) is 10.2 Å². The summed E-state index contributed by atoms with van der Waals surface area (Å²) < 4.78 is 7.22. The third kappa shape index (κ3) is 3.62. The van der Waals surface area contributed by atoms with Gasteiger partial charge in [-0.05, 0) is 44.0 Å². The average molecular weight is 409 g/mol. The molecule has 6 nitrogen and oxygen atoms in total. The standard InChI is InChI=1S/C22H24N4O2S/c1-14-12-16-8-5-6-11-19(16)26(14)21(27)15(2)29-22-24-23-20(25(22)3)17-9-7-10-18(13-17)28-4/h5-11,13-15H,12H2,1-4H3. The molecule has 4 rings (SSSR count). The molecule has 2 unspecified atom stereocenters. The minimum atomic E-state index is -0.273. The molecule has 150 valence electrons. The highest BCUT2D eigenvalue weighted by molar-refractivity contribution is 8.00. The van der Waals surface area contributed by atoms with Gasteiger partial charge in [0, 0.05) is 24.3 Å². The van der Waals surface area contributed by atoms with E-state index in [-0.39, 0.29) is 17.2 Å². The molecule has 0 N–H and O–H groups in total. The number of hydrogen-bond donors (Lipinski definition) is 0. The van der Waals surface area contributed by atoms with Crippen molar-refractivity contribution in [3.05, 3.63) is 54.1 Å². The van der Waals surface area contributed by atoms with Crippen molar-refractivity contribution in [2.45, 2.75) is 36.7 Å². The molecule has 0 fully saturated rings. The lowest BCUT2D eigenvalue weighted by molar-refractivity contribution is -0.118. The van der Waals surface area contributed by atoms with Crippen molar-refractivity contribution in [2.24, 2.45) is 7.05 Å². The van der Waals surface area contributed by atoms with Gasteiger partial charge in [-0.2, -0.15) is 0 Å². The summed E-state index contributed by atoms with van der Waals surface area (Å²) in [5, 5.41) is 9.10. The van der Waals surface area contributed by atoms with Crippen molar-refractivity contribution in [3.8, 4) is 17.1 Å². The van der Waals surface area contributed by atoms with E-state index in [4.69, 9.17) is 4.74 Å². The largest absolute Gasteiger partial charge is 0.497 e. The average Bonchev–Trinajstić information content (AvgIpc) is 3.26. The Bertz CT molecular complexity index is 1050. The summed E-state index contributed by atoms with van der Waals surface area (Å²) in [7, 11) is 3.56. The number of hydrogen-bond acceptors (Lipinski definition) is 5. The van der Waals surface area contributed by atoms with E-state index in [2.05, 4.69) is 23.2 Å². The van der Waals surface area contributed by atoms with Gasteiger partial charge in [0.1, 0.15) is 5.75 Å². The molecule has 1 aliphatic rings. The quantitative estimate of drug-likeness (QED) is 0.598. The Morgan fingerprint density at radius 2 is 2.00 bits per heavy atom. The van der Waals surface area contributed by atoms with E-state index in [1.54, 1.807) is 7.11 Å². The number of fused-ring (bicyclic) bond motifs is 1. The molecule has 0 saturated carbocycles. The molecular weight excluding hydrogens is 384 g/mol. The third-order valence-electron chi connectivity index (χ3n) is 5.24. The number of nitrogens with zero attached hydrogens (tertiary/aromatic N) is 4. The molecule has 0 bridgehead atoms. The Morgan fingerprint density at radius 1 is 1.21 bits per heavy atom. The van der Waals surface area contributed by atoms with Crippen LogP contribution in [0.25, 0.3) is 11.4 Å². The van der Waals surface area contributed by atoms with Crippen molar-refractivity contribution in [1.82, 2.24) is 14.8 Å². The first-order valence-electron chi connectivity index (χ1n) is 9.61. The molecule has 1 aliphatic heterocycles. The van der Waals surface area contributed by atoms with E-state index in [0.29, 0.717) is 5.16 Å². The van der Waals surface area contributed by atoms with Crippen LogP contribution in [-0.4, -0.2) is 39.1 Å². The normalized spacial score (nSPS) is 16.6. The monoisotopic (exact) mass is 408 g/mol. The van der Waals surface area contributed by atoms with E-state index in [0.717, 1.165) is 29.2 Å². The number of ether oxygens (including phenoxy) is 1. The number of carbonyl (C=O) groups excluding carboxylic acids is 1. The van der Waals surface area contributed by atoms with Gasteiger partial charge in [-0.1, -0.05) is 42.1 Å². The van der Waals surface area contributed by atoms with Crippen LogP contribution in [0, 0.1) is 0 Å². The van der Waals surface area contributed by atoms with Crippen molar-refractivity contribution in [2.75, 3.05) is 12.0 Å². The highest BCUT2D eigenvalue weighted by atomic mass is 32.2. The molecular formula is C22H24N4O2S. The molecule has 0 aliphatic carbocycles. The minimum absolute atomic E-state index is 0.0957. The molecule has 3 aromatic rings. The number of thioether (sulfide) groups is 1. The number of carbonyl (C=O) groups is 1. The first kappa shape index (κ1) is 19.5. The third-order valence-corrected chi connectivity index (χ3v) is 6.36. The maximum atomic E-state index is 13.2. The fourth-order valence-corrected chi connectivity index (χ4v) is 4.60. The van der Waals surface area contributed by atoms with Crippen LogP contribution in [0.4, 0.5) is 5.69 Å². The highest BCUT2D eigenvalue weighted by Gasteiger charge is 2.34. The van der Waals surface area contributed by atoms with E-state index in [1.807, 2.05) is 65.9 Å². The Hall–Kier alpha value is -2.80. The summed E-state index contributed by atoms with van der Waals surface area (Å²) >= 11 is 1.43. The van der Waals surface area contributed by atoms with Crippen molar-refractivity contribution in [1.29, 1.82) is 0 Å². The zero-order valence-corrected chi connectivity index (χ0v) is 17.8. The number of methoxy groups -OCH3 is 1. The van der Waals surface area contributed by atoms with Gasteiger partial charge in [0.15, 0.2) is 11.0 Å². The molecule has 0 radical (unpaired) electrons. The second-order valence-electron chi connectivity index (χ2n) is 7.25. The van der Waals surface area contributed by atoms with Crippen molar-refractivity contribution in [3.63, 3.8) is 0 Å². The molecule has 2 aromatic carbocycles. The lowest BCUT2D eigenvalue weighted by Crippen LogP contribution is -2.40. The first-order chi connectivity index (χ1) is 14.0. The maximum absolute atomic E-state index is 13.2. The van der Waals surface area contributed by atoms with E-state index in [9.17, 15) is 4.79 Å². The number of rotatable bonds is 5. The van der Waals surface area contributed by atoms with Gasteiger partial charge >= 0.3 is 0 Å². The smallest absolute Gasteiger partial charge is 0.240 e. The van der Waals surface area contributed by atoms with Gasteiger partial charge in [0.2, 0.25) is 5.91 Å². The Balaban J connectivity index is 1.54. The summed E-state index contributed by atoms with van der Waals surface area (Å²) in [6.45, 7) is 4.03. The summed E-state index contributed by atoms with van der Waals surface area (Å²) in [5.74, 6) is 1.61. The fourth-order valence-electron chi connectivity index (χ4n) is 3.74. The fraction of sp³-hybridized carbons (Fsp3) is 0.318. The Labute approximate surface area is 174 Å². The minimum Gasteiger partial charge on any atom is -0.497 e. The molecule has 29 heavy (non-hydrogen) atoms. The van der Waals surface area contributed by atoms with Crippen LogP contribution in [0.15, 0.2) is 53.7 Å². The van der Waals surface area contributed by atoms with Gasteiger partial charge in [-0.3, -0.25) is 4.79 Å². The topological polar surface area (TPSA) is 60.3 Å². The number of para-hydroxylation sites is 1. The van der Waals surface area contributed by atoms with Crippen LogP contribution in [0.5, 0.6) is 5.75 Å². The second-order valence-corrected chi connectivity index (χ2v) is 8.56. The number of aromatic nitrogens is 3. The van der Waals surface area contributed by atoms with Crippen LogP contribution in [0.1, 0.15) is 19.4 Å². The van der Waals surface area contributed by atoms with E-state index in [1.165, 1.54) is 17.3 Å². The summed E-state index contributed by atoms with van der Waals surface area (Å²) in [6, 6.07) is 16.0. The Kier molecular flexibility index (Phi) is 5.32. The van der Waals surface area contributed by atoms with Crippen LogP contribution in [-0.2, 0) is 18.3 Å². The Morgan fingerprint density at radius 3 is 2.79 bits per heavy atom. The predicted molar refractivity (Wildman–Crippen MR) is 115 cm³/mol. The lowest BCUT2D eigenvalue weighted by Gasteiger charge is -2.25. The zero-order chi connectivity index (χ0) is 20.5. The second kappa shape index (κ2) is 7.91.